The van der Waals surface area contributed by atoms with Crippen molar-refractivity contribution in [1.29, 1.82) is 0 Å². The van der Waals surface area contributed by atoms with Crippen molar-refractivity contribution >= 4 is 64.6 Å². The Bertz CT molecular complexity index is 2890. The molecule has 10 rings (SSSR count). The fourth-order valence-corrected chi connectivity index (χ4v) is 7.77. The number of benzene rings is 10. The van der Waals surface area contributed by atoms with Crippen LogP contribution >= 0.6 is 0 Å². The van der Waals surface area contributed by atoms with E-state index in [9.17, 15) is 0 Å². The van der Waals surface area contributed by atoms with Gasteiger partial charge in [-0.05, 0) is 122 Å². The van der Waals surface area contributed by atoms with E-state index in [-0.39, 0.29) is 0 Å². The molecule has 10 aromatic carbocycles. The molecule has 0 heteroatoms. The third-order valence-corrected chi connectivity index (χ3v) is 10.2. The number of hydrogen-bond donors (Lipinski definition) is 0. The van der Waals surface area contributed by atoms with Crippen LogP contribution in [0.3, 0.4) is 0 Å². The summed E-state index contributed by atoms with van der Waals surface area (Å²) in [6.45, 7) is 0. The third kappa shape index (κ3) is 4.31. The molecule has 0 aliphatic carbocycles. The Kier molecular flexibility index (Phi) is 5.98. The highest BCUT2D eigenvalue weighted by Gasteiger charge is 2.10. The Morgan fingerprint density at radius 3 is 1.02 bits per heavy atom. The average molecular weight is 607 g/mol. The van der Waals surface area contributed by atoms with Crippen LogP contribution < -0.4 is 0 Å². The van der Waals surface area contributed by atoms with Gasteiger partial charge in [-0.15, -0.1) is 0 Å². The van der Waals surface area contributed by atoms with Crippen molar-refractivity contribution in [3.63, 3.8) is 0 Å². The molecule has 0 unspecified atom stereocenters. The van der Waals surface area contributed by atoms with Gasteiger partial charge in [0.1, 0.15) is 0 Å². The molecule has 0 nitrogen and oxygen atoms in total. The molecule has 0 radical (unpaired) electrons. The van der Waals surface area contributed by atoms with Crippen LogP contribution in [0.4, 0.5) is 0 Å². The van der Waals surface area contributed by atoms with Gasteiger partial charge in [-0.25, -0.2) is 0 Å². The van der Waals surface area contributed by atoms with Crippen LogP contribution in [0.1, 0.15) is 0 Å². The summed E-state index contributed by atoms with van der Waals surface area (Å²) in [5.74, 6) is 0. The quantitative estimate of drug-likeness (QED) is 0.176. The number of hydrogen-bond acceptors (Lipinski definition) is 0. The molecule has 222 valence electrons. The molecule has 0 aliphatic rings. The van der Waals surface area contributed by atoms with Gasteiger partial charge in [0.2, 0.25) is 0 Å². The average Bonchev–Trinajstić information content (AvgIpc) is 3.17. The summed E-state index contributed by atoms with van der Waals surface area (Å²) in [4.78, 5) is 0. The summed E-state index contributed by atoms with van der Waals surface area (Å²) in [7, 11) is 0. The summed E-state index contributed by atoms with van der Waals surface area (Å²) < 4.78 is 0. The van der Waals surface area contributed by atoms with Crippen molar-refractivity contribution in [2.75, 3.05) is 0 Å². The van der Waals surface area contributed by atoms with Crippen molar-refractivity contribution in [3.8, 4) is 33.4 Å². The second kappa shape index (κ2) is 10.7. The van der Waals surface area contributed by atoms with Crippen molar-refractivity contribution in [3.05, 3.63) is 182 Å². The smallest absolute Gasteiger partial charge is 0.00987 e. The minimum Gasteiger partial charge on any atom is -0.0616 e. The SMILES string of the molecule is c1cc(-c2cccc(-c3ccc4c(ccc5c4ccc4c6ccccc6ccc45)c3)c2)cc(-c2ccc3c(ccc4ccccc43)c2)c1. The van der Waals surface area contributed by atoms with Crippen molar-refractivity contribution in [2.45, 2.75) is 0 Å². The largest absolute Gasteiger partial charge is 0.0616 e. The molecule has 0 aromatic heterocycles. The zero-order valence-corrected chi connectivity index (χ0v) is 26.3. The highest BCUT2D eigenvalue weighted by atomic mass is 14.1. The minimum absolute atomic E-state index is 1.22. The topological polar surface area (TPSA) is 0 Å². The first kappa shape index (κ1) is 26.9. The van der Waals surface area contributed by atoms with E-state index in [1.807, 2.05) is 0 Å². The van der Waals surface area contributed by atoms with Crippen LogP contribution in [0, 0.1) is 0 Å². The Labute approximate surface area is 279 Å². The van der Waals surface area contributed by atoms with Gasteiger partial charge in [0.05, 0.1) is 0 Å². The van der Waals surface area contributed by atoms with Crippen LogP contribution in [-0.4, -0.2) is 0 Å². The van der Waals surface area contributed by atoms with E-state index in [0.29, 0.717) is 0 Å². The maximum atomic E-state index is 2.34. The van der Waals surface area contributed by atoms with Crippen LogP contribution in [0.5, 0.6) is 0 Å². The van der Waals surface area contributed by atoms with E-state index in [1.54, 1.807) is 0 Å². The van der Waals surface area contributed by atoms with E-state index in [1.165, 1.54) is 98.0 Å². The zero-order valence-electron chi connectivity index (χ0n) is 26.3. The summed E-state index contributed by atoms with van der Waals surface area (Å²) in [6, 6.07) is 67.1. The molecular weight excluding hydrogens is 577 g/mol. The van der Waals surface area contributed by atoms with Gasteiger partial charge in [-0.1, -0.05) is 158 Å². The first-order chi connectivity index (χ1) is 23.8. The van der Waals surface area contributed by atoms with Crippen LogP contribution in [0.25, 0.3) is 98.0 Å². The number of fused-ring (bicyclic) bond motifs is 10. The molecule has 0 fully saturated rings. The summed E-state index contributed by atoms with van der Waals surface area (Å²) in [5.41, 5.74) is 7.36. The van der Waals surface area contributed by atoms with E-state index in [2.05, 4.69) is 182 Å². The van der Waals surface area contributed by atoms with Gasteiger partial charge >= 0.3 is 0 Å². The lowest BCUT2D eigenvalue weighted by Gasteiger charge is -2.12. The normalized spacial score (nSPS) is 11.8. The Morgan fingerprint density at radius 1 is 0.167 bits per heavy atom. The Hall–Kier alpha value is -6.24. The fourth-order valence-electron chi connectivity index (χ4n) is 7.77. The van der Waals surface area contributed by atoms with E-state index >= 15 is 0 Å². The van der Waals surface area contributed by atoms with Crippen molar-refractivity contribution in [1.82, 2.24) is 0 Å². The molecular formula is C48H30. The zero-order chi connectivity index (χ0) is 31.6. The summed E-state index contributed by atoms with van der Waals surface area (Å²) in [6.07, 6.45) is 0. The third-order valence-electron chi connectivity index (χ3n) is 10.2. The van der Waals surface area contributed by atoms with Crippen LogP contribution in [0.2, 0.25) is 0 Å². The Morgan fingerprint density at radius 2 is 0.479 bits per heavy atom. The first-order valence-corrected chi connectivity index (χ1v) is 16.7. The lowest BCUT2D eigenvalue weighted by molar-refractivity contribution is 1.59. The maximum absolute atomic E-state index is 2.34. The highest BCUT2D eigenvalue weighted by Crippen LogP contribution is 2.37. The van der Waals surface area contributed by atoms with E-state index < -0.39 is 0 Å². The molecule has 0 aliphatic heterocycles. The lowest BCUT2D eigenvalue weighted by Crippen LogP contribution is -1.86. The van der Waals surface area contributed by atoms with Crippen LogP contribution in [0.15, 0.2) is 182 Å². The highest BCUT2D eigenvalue weighted by molar-refractivity contribution is 6.22. The maximum Gasteiger partial charge on any atom is -0.00987 e. The van der Waals surface area contributed by atoms with Gasteiger partial charge in [0.15, 0.2) is 0 Å². The predicted octanol–water partition coefficient (Wildman–Crippen LogP) is 13.6. The summed E-state index contributed by atoms with van der Waals surface area (Å²) in [5, 5.41) is 15.5. The molecule has 0 spiro atoms. The van der Waals surface area contributed by atoms with Gasteiger partial charge < -0.3 is 0 Å². The predicted molar refractivity (Wildman–Crippen MR) is 208 cm³/mol. The first-order valence-electron chi connectivity index (χ1n) is 16.7. The standard InChI is InChI=1S/C48H30/c1-3-13-41-31(7-1)15-16-39-29-37(18-21-43(39)41)35-11-5-9-33(27-35)34-10-6-12-36(28-34)38-19-22-44-40(30-38)20-24-48-46(44)26-25-45-42-14-4-2-8-32(42)17-23-47(45)48/h1-30H. The second-order valence-corrected chi connectivity index (χ2v) is 12.9. The monoisotopic (exact) mass is 606 g/mol. The van der Waals surface area contributed by atoms with Gasteiger partial charge in [0.25, 0.3) is 0 Å². The fraction of sp³-hybridized carbons (Fsp3) is 0. The summed E-state index contributed by atoms with van der Waals surface area (Å²) >= 11 is 0. The molecule has 0 heterocycles. The Balaban J connectivity index is 1.01. The molecule has 0 bridgehead atoms. The van der Waals surface area contributed by atoms with Crippen LogP contribution in [-0.2, 0) is 0 Å². The van der Waals surface area contributed by atoms with Crippen molar-refractivity contribution in [2.24, 2.45) is 0 Å². The van der Waals surface area contributed by atoms with Gasteiger partial charge in [-0.3, -0.25) is 0 Å². The second-order valence-electron chi connectivity index (χ2n) is 12.9. The lowest BCUT2D eigenvalue weighted by atomic mass is 9.92. The molecule has 0 saturated carbocycles. The van der Waals surface area contributed by atoms with E-state index in [4.69, 9.17) is 0 Å². The molecule has 0 atom stereocenters. The van der Waals surface area contributed by atoms with Crippen molar-refractivity contribution < 1.29 is 0 Å². The molecule has 10 aromatic rings. The molecule has 0 N–H and O–H groups in total. The molecule has 48 heavy (non-hydrogen) atoms. The van der Waals surface area contributed by atoms with E-state index in [0.717, 1.165) is 0 Å². The van der Waals surface area contributed by atoms with Gasteiger partial charge in [0, 0.05) is 0 Å². The molecule has 0 saturated heterocycles. The number of rotatable bonds is 3. The molecule has 0 amide bonds. The van der Waals surface area contributed by atoms with Gasteiger partial charge in [-0.2, -0.15) is 0 Å². The minimum atomic E-state index is 1.22.